The summed E-state index contributed by atoms with van der Waals surface area (Å²) in [6.45, 7) is 1.56. The number of halogens is 2. The molecule has 1 saturated heterocycles. The number of hydrogen-bond donors (Lipinski definition) is 1. The van der Waals surface area contributed by atoms with Gasteiger partial charge in [0.05, 0.1) is 14.8 Å². The average Bonchev–Trinajstić information content (AvgIpc) is 2.73. The summed E-state index contributed by atoms with van der Waals surface area (Å²) in [5, 5.41) is 22.0. The zero-order valence-corrected chi connectivity index (χ0v) is 18.7. The summed E-state index contributed by atoms with van der Waals surface area (Å²) in [7, 11) is -3.83. The predicted octanol–water partition coefficient (Wildman–Crippen LogP) is 2.65. The Morgan fingerprint density at radius 1 is 1.13 bits per heavy atom. The maximum absolute atomic E-state index is 12.8. The molecule has 0 amide bonds. The van der Waals surface area contributed by atoms with Crippen molar-refractivity contribution >= 4 is 38.9 Å². The molecule has 1 aliphatic heterocycles. The Balaban J connectivity index is 1.52. The minimum absolute atomic E-state index is 0.0214. The van der Waals surface area contributed by atoms with Crippen LogP contribution in [0.2, 0.25) is 10.0 Å². The highest BCUT2D eigenvalue weighted by Gasteiger charge is 2.30. The van der Waals surface area contributed by atoms with E-state index >= 15 is 0 Å². The Morgan fingerprint density at radius 3 is 2.48 bits per heavy atom. The molecule has 1 atom stereocenters. The van der Waals surface area contributed by atoms with Gasteiger partial charge in [0.1, 0.15) is 18.5 Å². The molecular formula is C19H21Cl2N3O6S. The van der Waals surface area contributed by atoms with Gasteiger partial charge in [0.25, 0.3) is 5.69 Å². The molecule has 0 bridgehead atoms. The zero-order valence-electron chi connectivity index (χ0n) is 16.4. The van der Waals surface area contributed by atoms with Crippen molar-refractivity contribution in [1.82, 2.24) is 9.21 Å². The Kier molecular flexibility index (Phi) is 7.73. The highest BCUT2D eigenvalue weighted by molar-refractivity contribution is 7.89. The second-order valence-corrected chi connectivity index (χ2v) is 9.78. The molecule has 2 aromatic rings. The molecule has 1 heterocycles. The van der Waals surface area contributed by atoms with E-state index in [0.29, 0.717) is 35.4 Å². The monoisotopic (exact) mass is 489 g/mol. The summed E-state index contributed by atoms with van der Waals surface area (Å²) < 4.78 is 32.4. The quantitative estimate of drug-likeness (QED) is 0.447. The number of β-amino-alcohol motifs (C(OH)–C–C–N with tert-alkyl or cyclic N) is 1. The van der Waals surface area contributed by atoms with E-state index in [1.54, 1.807) is 18.2 Å². The van der Waals surface area contributed by atoms with Crippen molar-refractivity contribution < 1.29 is 23.2 Å². The molecule has 0 spiro atoms. The van der Waals surface area contributed by atoms with E-state index in [1.807, 2.05) is 4.90 Å². The van der Waals surface area contributed by atoms with Gasteiger partial charge in [0, 0.05) is 49.9 Å². The third kappa shape index (κ3) is 6.06. The van der Waals surface area contributed by atoms with E-state index in [1.165, 1.54) is 22.5 Å². The lowest BCUT2D eigenvalue weighted by atomic mass is 10.3. The van der Waals surface area contributed by atoms with E-state index in [9.17, 15) is 23.6 Å². The fourth-order valence-corrected chi connectivity index (χ4v) is 5.11. The summed E-state index contributed by atoms with van der Waals surface area (Å²) in [6.07, 6.45) is -0.799. The Labute approximate surface area is 189 Å². The van der Waals surface area contributed by atoms with Crippen LogP contribution in [0.1, 0.15) is 0 Å². The highest BCUT2D eigenvalue weighted by atomic mass is 35.5. The van der Waals surface area contributed by atoms with Crippen LogP contribution in [0.4, 0.5) is 5.69 Å². The number of nitro benzene ring substituents is 1. The first-order valence-electron chi connectivity index (χ1n) is 9.39. The summed E-state index contributed by atoms with van der Waals surface area (Å²) in [5.41, 5.74) is -0.274. The van der Waals surface area contributed by atoms with Gasteiger partial charge in [-0.15, -0.1) is 0 Å². The minimum Gasteiger partial charge on any atom is -0.489 e. The van der Waals surface area contributed by atoms with Gasteiger partial charge in [-0.05, 0) is 24.3 Å². The van der Waals surface area contributed by atoms with Crippen molar-refractivity contribution in [1.29, 1.82) is 0 Å². The maximum Gasteiger partial charge on any atom is 0.270 e. The van der Waals surface area contributed by atoms with Gasteiger partial charge >= 0.3 is 0 Å². The summed E-state index contributed by atoms with van der Waals surface area (Å²) >= 11 is 11.9. The van der Waals surface area contributed by atoms with Crippen LogP contribution in [0.15, 0.2) is 47.4 Å². The van der Waals surface area contributed by atoms with Crippen LogP contribution < -0.4 is 4.74 Å². The number of hydrogen-bond acceptors (Lipinski definition) is 7. The van der Waals surface area contributed by atoms with Crippen LogP contribution in [0.5, 0.6) is 5.75 Å². The second kappa shape index (κ2) is 10.1. The van der Waals surface area contributed by atoms with Gasteiger partial charge in [0.15, 0.2) is 0 Å². The normalized spacial score (nSPS) is 16.7. The van der Waals surface area contributed by atoms with E-state index in [2.05, 4.69) is 0 Å². The van der Waals surface area contributed by atoms with Crippen molar-refractivity contribution in [2.24, 2.45) is 0 Å². The molecule has 31 heavy (non-hydrogen) atoms. The van der Waals surface area contributed by atoms with Gasteiger partial charge in [-0.3, -0.25) is 15.0 Å². The molecule has 0 aliphatic carbocycles. The lowest BCUT2D eigenvalue weighted by Gasteiger charge is -2.34. The van der Waals surface area contributed by atoms with Crippen molar-refractivity contribution in [3.8, 4) is 5.75 Å². The summed E-state index contributed by atoms with van der Waals surface area (Å²) in [4.78, 5) is 12.1. The van der Waals surface area contributed by atoms with E-state index in [0.717, 1.165) is 6.07 Å². The van der Waals surface area contributed by atoms with Crippen molar-refractivity contribution in [3.05, 3.63) is 62.6 Å². The molecule has 1 unspecified atom stereocenters. The third-order valence-electron chi connectivity index (χ3n) is 4.79. The number of rotatable bonds is 8. The minimum atomic E-state index is -3.83. The Hall–Kier alpha value is -1.95. The predicted molar refractivity (Wildman–Crippen MR) is 116 cm³/mol. The van der Waals surface area contributed by atoms with E-state index in [-0.39, 0.29) is 30.3 Å². The molecular weight excluding hydrogens is 469 g/mol. The topological polar surface area (TPSA) is 113 Å². The smallest absolute Gasteiger partial charge is 0.270 e. The molecule has 0 radical (unpaired) electrons. The van der Waals surface area contributed by atoms with Crippen LogP contribution >= 0.6 is 23.2 Å². The van der Waals surface area contributed by atoms with Crippen molar-refractivity contribution in [2.75, 3.05) is 39.3 Å². The van der Waals surface area contributed by atoms with Crippen LogP contribution in [0.25, 0.3) is 0 Å². The molecule has 1 aliphatic rings. The summed E-state index contributed by atoms with van der Waals surface area (Å²) in [6, 6.07) is 9.81. The third-order valence-corrected chi connectivity index (χ3v) is 7.22. The van der Waals surface area contributed by atoms with E-state index < -0.39 is 21.1 Å². The van der Waals surface area contributed by atoms with Gasteiger partial charge < -0.3 is 9.84 Å². The first-order valence-corrected chi connectivity index (χ1v) is 11.6. The molecule has 0 aromatic heterocycles. The lowest BCUT2D eigenvalue weighted by molar-refractivity contribution is -0.385. The molecule has 2 aromatic carbocycles. The maximum atomic E-state index is 12.8. The Bertz CT molecular complexity index is 1040. The SMILES string of the molecule is O=[N+]([O-])c1cccc(S(=O)(=O)N2CCN(CC(O)COc3ccc(Cl)cc3Cl)CC2)c1. The van der Waals surface area contributed by atoms with Crippen LogP contribution in [0.3, 0.4) is 0 Å². The number of nitro groups is 1. The Morgan fingerprint density at radius 2 is 1.84 bits per heavy atom. The number of nitrogens with zero attached hydrogens (tertiary/aromatic N) is 3. The first kappa shape index (κ1) is 23.7. The van der Waals surface area contributed by atoms with Gasteiger partial charge in [-0.2, -0.15) is 4.31 Å². The van der Waals surface area contributed by atoms with Gasteiger partial charge in [-0.1, -0.05) is 29.3 Å². The first-order chi connectivity index (χ1) is 14.7. The second-order valence-electron chi connectivity index (χ2n) is 7.00. The van der Waals surface area contributed by atoms with Crippen LogP contribution in [-0.4, -0.2) is 73.1 Å². The lowest BCUT2D eigenvalue weighted by Crippen LogP contribution is -2.50. The molecule has 12 heteroatoms. The zero-order chi connectivity index (χ0) is 22.6. The van der Waals surface area contributed by atoms with Crippen molar-refractivity contribution in [2.45, 2.75) is 11.0 Å². The van der Waals surface area contributed by atoms with Crippen LogP contribution in [-0.2, 0) is 10.0 Å². The van der Waals surface area contributed by atoms with Crippen LogP contribution in [0, 0.1) is 10.1 Å². The number of sulfonamides is 1. The largest absolute Gasteiger partial charge is 0.489 e. The number of piperazine rings is 1. The van der Waals surface area contributed by atoms with Crippen molar-refractivity contribution in [3.63, 3.8) is 0 Å². The average molecular weight is 490 g/mol. The molecule has 3 rings (SSSR count). The number of non-ortho nitro benzene ring substituents is 1. The molecule has 1 fully saturated rings. The number of ether oxygens (including phenoxy) is 1. The number of aliphatic hydroxyl groups excluding tert-OH is 1. The van der Waals surface area contributed by atoms with Gasteiger partial charge in [-0.25, -0.2) is 8.42 Å². The highest BCUT2D eigenvalue weighted by Crippen LogP contribution is 2.27. The number of benzene rings is 2. The summed E-state index contributed by atoms with van der Waals surface area (Å²) in [5.74, 6) is 0.415. The molecule has 1 N–H and O–H groups in total. The fourth-order valence-electron chi connectivity index (χ4n) is 3.19. The molecule has 9 nitrogen and oxygen atoms in total. The molecule has 0 saturated carbocycles. The standard InChI is InChI=1S/C19H21Cl2N3O6S/c20-14-4-5-19(18(21)10-14)30-13-16(25)12-22-6-8-23(9-7-22)31(28,29)17-3-1-2-15(11-17)24(26)27/h1-5,10-11,16,25H,6-9,12-13H2. The van der Waals surface area contributed by atoms with E-state index in [4.69, 9.17) is 27.9 Å². The molecule has 168 valence electrons. The van der Waals surface area contributed by atoms with Gasteiger partial charge in [0.2, 0.25) is 10.0 Å². The fraction of sp³-hybridized carbons (Fsp3) is 0.368. The number of aliphatic hydroxyl groups is 1.